The van der Waals surface area contributed by atoms with Gasteiger partial charge in [0.15, 0.2) is 5.75 Å². The van der Waals surface area contributed by atoms with E-state index >= 15 is 0 Å². The first-order valence-corrected chi connectivity index (χ1v) is 9.40. The Morgan fingerprint density at radius 2 is 2.07 bits per heavy atom. The van der Waals surface area contributed by atoms with Crippen molar-refractivity contribution in [3.63, 3.8) is 0 Å². The van der Waals surface area contributed by atoms with Crippen LogP contribution in [-0.4, -0.2) is 58.9 Å². The number of rotatable bonds is 6. The van der Waals surface area contributed by atoms with Crippen LogP contribution in [0.1, 0.15) is 0 Å². The number of hydrogen-bond donors (Lipinski definition) is 1. The van der Waals surface area contributed by atoms with Gasteiger partial charge in [0.25, 0.3) is 11.8 Å². The first-order valence-electron chi connectivity index (χ1n) is 9.03. The van der Waals surface area contributed by atoms with Gasteiger partial charge in [-0.3, -0.25) is 9.63 Å². The summed E-state index contributed by atoms with van der Waals surface area (Å²) in [5.74, 6) is 0.582. The van der Waals surface area contributed by atoms with Crippen molar-refractivity contribution >= 4 is 39.6 Å². The lowest BCUT2D eigenvalue weighted by molar-refractivity contribution is -0.169. The van der Waals surface area contributed by atoms with Crippen LogP contribution in [0.25, 0.3) is 33.3 Å². The average Bonchev–Trinajstić information content (AvgIpc) is 3.34. The molecule has 4 aromatic heterocycles. The van der Waals surface area contributed by atoms with Crippen molar-refractivity contribution in [2.75, 3.05) is 28.4 Å². The Bertz CT molecular complexity index is 1250. The smallest absolute Gasteiger partial charge is 0.265 e. The number of halogens is 1. The lowest BCUT2D eigenvalue weighted by atomic mass is 10.2. The molecule has 4 aromatic rings. The number of hydroxylamine groups is 2. The van der Waals surface area contributed by atoms with E-state index in [0.717, 1.165) is 16.6 Å². The Hall–Kier alpha value is -3.30. The van der Waals surface area contributed by atoms with E-state index in [0.29, 0.717) is 33.3 Å². The standard InChI is InChI=1S/C20H20ClN5O4/c1-25(30-4)17(27)10-26-9-12(14-7-11-13(21)5-6-22-19(11)23-14)18-15(26)8-16(28-2)20(24-18)29-3/h5-9H,10H2,1-4H3,(H,22,23). The van der Waals surface area contributed by atoms with Crippen LogP contribution in [0.4, 0.5) is 0 Å². The van der Waals surface area contributed by atoms with E-state index in [2.05, 4.69) is 15.0 Å². The summed E-state index contributed by atoms with van der Waals surface area (Å²) >= 11 is 6.31. The number of carbonyl (C=O) groups excluding carboxylic acids is 1. The quantitative estimate of drug-likeness (QED) is 0.473. The van der Waals surface area contributed by atoms with Gasteiger partial charge in [-0.25, -0.2) is 15.0 Å². The topological polar surface area (TPSA) is 94.5 Å². The Labute approximate surface area is 177 Å². The second-order valence-corrected chi connectivity index (χ2v) is 6.96. The SMILES string of the molecule is COc1cc2c(nc1OC)c(-c1cc3c(Cl)ccnc3[nH]1)cn2CC(=O)N(C)OC. The number of carbonyl (C=O) groups is 1. The number of fused-ring (bicyclic) bond motifs is 2. The molecule has 0 radical (unpaired) electrons. The number of H-pyrrole nitrogens is 1. The van der Waals surface area contributed by atoms with Crippen LogP contribution in [0, 0.1) is 0 Å². The van der Waals surface area contributed by atoms with Crippen molar-refractivity contribution < 1.29 is 19.1 Å². The van der Waals surface area contributed by atoms with E-state index in [-0.39, 0.29) is 12.5 Å². The predicted octanol–water partition coefficient (Wildman–Crippen LogP) is 3.27. The molecule has 4 rings (SSSR count). The molecule has 0 aliphatic rings. The van der Waals surface area contributed by atoms with E-state index in [9.17, 15) is 4.79 Å². The number of nitrogens with one attached hydrogen (secondary N) is 1. The first-order chi connectivity index (χ1) is 14.5. The number of methoxy groups -OCH3 is 2. The van der Waals surface area contributed by atoms with Gasteiger partial charge in [-0.15, -0.1) is 0 Å². The van der Waals surface area contributed by atoms with Crippen LogP contribution >= 0.6 is 11.6 Å². The predicted molar refractivity (Wildman–Crippen MR) is 113 cm³/mol. The normalized spacial score (nSPS) is 11.2. The highest BCUT2D eigenvalue weighted by Crippen LogP contribution is 2.37. The van der Waals surface area contributed by atoms with Gasteiger partial charge in [0.2, 0.25) is 0 Å². The monoisotopic (exact) mass is 429 g/mol. The molecule has 1 N–H and O–H groups in total. The third-order valence-corrected chi connectivity index (χ3v) is 5.23. The van der Waals surface area contributed by atoms with E-state index in [1.54, 1.807) is 29.9 Å². The Balaban J connectivity index is 1.93. The van der Waals surface area contributed by atoms with Gasteiger partial charge in [-0.1, -0.05) is 11.6 Å². The number of nitrogens with zero attached hydrogens (tertiary/aromatic N) is 4. The molecule has 0 fully saturated rings. The number of pyridine rings is 2. The molecule has 0 unspecified atom stereocenters. The van der Waals surface area contributed by atoms with Gasteiger partial charge in [0.1, 0.15) is 17.7 Å². The highest BCUT2D eigenvalue weighted by molar-refractivity contribution is 6.35. The van der Waals surface area contributed by atoms with Crippen molar-refractivity contribution in [2.45, 2.75) is 6.54 Å². The number of ether oxygens (including phenoxy) is 2. The van der Waals surface area contributed by atoms with Crippen LogP contribution in [0.5, 0.6) is 11.6 Å². The lowest BCUT2D eigenvalue weighted by Gasteiger charge is -2.14. The molecule has 1 amide bonds. The molecule has 0 atom stereocenters. The highest BCUT2D eigenvalue weighted by Gasteiger charge is 2.20. The minimum Gasteiger partial charge on any atom is -0.491 e. The molecule has 156 valence electrons. The fourth-order valence-corrected chi connectivity index (χ4v) is 3.48. The zero-order valence-electron chi connectivity index (χ0n) is 16.9. The maximum Gasteiger partial charge on any atom is 0.265 e. The fourth-order valence-electron chi connectivity index (χ4n) is 3.28. The van der Waals surface area contributed by atoms with Gasteiger partial charge in [0.05, 0.1) is 37.6 Å². The third-order valence-electron chi connectivity index (χ3n) is 4.90. The van der Waals surface area contributed by atoms with Crippen LogP contribution < -0.4 is 9.47 Å². The number of amides is 1. The largest absolute Gasteiger partial charge is 0.491 e. The summed E-state index contributed by atoms with van der Waals surface area (Å²) in [6.07, 6.45) is 3.48. The van der Waals surface area contributed by atoms with Crippen LogP contribution in [0.2, 0.25) is 5.02 Å². The van der Waals surface area contributed by atoms with Crippen molar-refractivity contribution in [3.8, 4) is 22.9 Å². The summed E-state index contributed by atoms with van der Waals surface area (Å²) in [4.78, 5) is 29.7. The summed E-state index contributed by atoms with van der Waals surface area (Å²) in [5, 5.41) is 2.56. The summed E-state index contributed by atoms with van der Waals surface area (Å²) in [7, 11) is 6.06. The maximum atomic E-state index is 12.5. The van der Waals surface area contributed by atoms with Crippen molar-refractivity contribution in [2.24, 2.45) is 0 Å². The van der Waals surface area contributed by atoms with Crippen molar-refractivity contribution in [1.82, 2.24) is 24.6 Å². The maximum absolute atomic E-state index is 12.5. The number of aromatic nitrogens is 4. The third kappa shape index (κ3) is 3.31. The van der Waals surface area contributed by atoms with E-state index < -0.39 is 0 Å². The minimum absolute atomic E-state index is 0.0528. The average molecular weight is 430 g/mol. The number of likely N-dealkylation sites (N-methyl/N-ethyl adjacent to an activating group) is 1. The molecule has 0 aliphatic carbocycles. The van der Waals surface area contributed by atoms with Gasteiger partial charge >= 0.3 is 0 Å². The first kappa shape index (κ1) is 20.0. The van der Waals surface area contributed by atoms with E-state index in [1.807, 2.05) is 12.3 Å². The Morgan fingerprint density at radius 3 is 2.73 bits per heavy atom. The molecule has 0 spiro atoms. The Kier molecular flexibility index (Phi) is 5.23. The molecule has 0 saturated carbocycles. The van der Waals surface area contributed by atoms with E-state index in [1.165, 1.54) is 26.4 Å². The fraction of sp³-hybridized carbons (Fsp3) is 0.250. The zero-order chi connectivity index (χ0) is 21.4. The van der Waals surface area contributed by atoms with E-state index in [4.69, 9.17) is 25.9 Å². The summed E-state index contributed by atoms with van der Waals surface area (Å²) in [6, 6.07) is 5.43. The van der Waals surface area contributed by atoms with Gasteiger partial charge < -0.3 is 19.0 Å². The second kappa shape index (κ2) is 7.85. The zero-order valence-corrected chi connectivity index (χ0v) is 17.6. The number of hydrogen-bond acceptors (Lipinski definition) is 6. The minimum atomic E-state index is -0.225. The highest BCUT2D eigenvalue weighted by atomic mass is 35.5. The van der Waals surface area contributed by atoms with Gasteiger partial charge in [-0.2, -0.15) is 0 Å². The molecule has 0 aliphatic heterocycles. The van der Waals surface area contributed by atoms with Crippen LogP contribution in [0.15, 0.2) is 30.6 Å². The molecule has 10 heteroatoms. The molecular formula is C20H20ClN5O4. The van der Waals surface area contributed by atoms with Crippen molar-refractivity contribution in [1.29, 1.82) is 0 Å². The lowest BCUT2D eigenvalue weighted by Crippen LogP contribution is -2.28. The summed E-state index contributed by atoms with van der Waals surface area (Å²) in [5.41, 5.74) is 3.55. The summed E-state index contributed by atoms with van der Waals surface area (Å²) < 4.78 is 12.6. The molecular weight excluding hydrogens is 410 g/mol. The number of aromatic amines is 1. The molecule has 30 heavy (non-hydrogen) atoms. The van der Waals surface area contributed by atoms with Gasteiger partial charge in [-0.05, 0) is 12.1 Å². The summed E-state index contributed by atoms with van der Waals surface area (Å²) in [6.45, 7) is 0.0528. The Morgan fingerprint density at radius 1 is 1.27 bits per heavy atom. The van der Waals surface area contributed by atoms with Crippen LogP contribution in [-0.2, 0) is 16.2 Å². The van der Waals surface area contributed by atoms with Crippen LogP contribution in [0.3, 0.4) is 0 Å². The molecule has 0 aromatic carbocycles. The second-order valence-electron chi connectivity index (χ2n) is 6.55. The molecule has 9 nitrogen and oxygen atoms in total. The molecule has 0 saturated heterocycles. The van der Waals surface area contributed by atoms with Gasteiger partial charge in [0, 0.05) is 36.5 Å². The van der Waals surface area contributed by atoms with Crippen molar-refractivity contribution in [3.05, 3.63) is 35.6 Å². The molecule has 4 heterocycles. The molecule has 0 bridgehead atoms.